The summed E-state index contributed by atoms with van der Waals surface area (Å²) in [6, 6.07) is 0.739. The molecule has 0 aromatic carbocycles. The summed E-state index contributed by atoms with van der Waals surface area (Å²) in [5.41, 5.74) is 0.706. The Bertz CT molecular complexity index is 212. The van der Waals surface area contributed by atoms with Crippen LogP contribution in [0.2, 0.25) is 0 Å². The highest BCUT2D eigenvalue weighted by Crippen LogP contribution is 2.42. The van der Waals surface area contributed by atoms with Crippen LogP contribution in [0.4, 0.5) is 0 Å². The van der Waals surface area contributed by atoms with E-state index in [9.17, 15) is 0 Å². The number of hydrogen-bond donors (Lipinski definition) is 0. The van der Waals surface area contributed by atoms with E-state index in [0.717, 1.165) is 6.04 Å². The Morgan fingerprint density at radius 1 is 0.938 bits per heavy atom. The first-order chi connectivity index (χ1) is 7.65. The maximum absolute atomic E-state index is 2.65. The van der Waals surface area contributed by atoms with Crippen molar-refractivity contribution in [3.05, 3.63) is 0 Å². The molecule has 16 heavy (non-hydrogen) atoms. The van der Waals surface area contributed by atoms with Crippen molar-refractivity contribution in [2.45, 2.75) is 45.6 Å². The molecule has 2 aliphatic rings. The summed E-state index contributed by atoms with van der Waals surface area (Å²) in [5.74, 6) is 0. The van der Waals surface area contributed by atoms with Crippen molar-refractivity contribution in [1.82, 2.24) is 9.21 Å². The van der Waals surface area contributed by atoms with Crippen LogP contribution >= 0.6 is 11.9 Å². The molecule has 2 fully saturated rings. The van der Waals surface area contributed by atoms with Crippen LogP contribution in [0.1, 0.15) is 39.5 Å². The molecule has 1 spiro atoms. The summed E-state index contributed by atoms with van der Waals surface area (Å²) < 4.78 is 2.53. The summed E-state index contributed by atoms with van der Waals surface area (Å²) in [4.78, 5) is 2.65. The van der Waals surface area contributed by atoms with E-state index < -0.39 is 0 Å². The SMILES string of the molecule is CSN1CCC2(CC1)CCN(C(C)C)CC2. The van der Waals surface area contributed by atoms with Crippen molar-refractivity contribution in [1.29, 1.82) is 0 Å². The molecule has 0 amide bonds. The van der Waals surface area contributed by atoms with Gasteiger partial charge in [0.15, 0.2) is 0 Å². The second kappa shape index (κ2) is 5.28. The molecule has 2 saturated heterocycles. The van der Waals surface area contributed by atoms with Crippen LogP contribution < -0.4 is 0 Å². The van der Waals surface area contributed by atoms with Gasteiger partial charge in [0, 0.05) is 19.1 Å². The first kappa shape index (κ1) is 12.7. The van der Waals surface area contributed by atoms with Crippen LogP contribution in [0.3, 0.4) is 0 Å². The first-order valence-corrected chi connectivity index (χ1v) is 7.86. The fourth-order valence-electron chi connectivity index (χ4n) is 3.16. The van der Waals surface area contributed by atoms with Gasteiger partial charge in [0.2, 0.25) is 0 Å². The zero-order valence-electron chi connectivity index (χ0n) is 11.0. The lowest BCUT2D eigenvalue weighted by Gasteiger charge is -2.47. The van der Waals surface area contributed by atoms with Crippen molar-refractivity contribution in [2.75, 3.05) is 32.4 Å². The lowest BCUT2D eigenvalue weighted by molar-refractivity contribution is 0.0452. The van der Waals surface area contributed by atoms with Crippen molar-refractivity contribution >= 4 is 11.9 Å². The molecule has 2 heterocycles. The van der Waals surface area contributed by atoms with E-state index in [0.29, 0.717) is 5.41 Å². The smallest absolute Gasteiger partial charge is 0.00945 e. The van der Waals surface area contributed by atoms with Gasteiger partial charge in [0.1, 0.15) is 0 Å². The first-order valence-electron chi connectivity index (χ1n) is 6.68. The quantitative estimate of drug-likeness (QED) is 0.688. The Morgan fingerprint density at radius 2 is 1.44 bits per heavy atom. The van der Waals surface area contributed by atoms with E-state index in [2.05, 4.69) is 29.3 Å². The van der Waals surface area contributed by atoms with Gasteiger partial charge in [-0.25, -0.2) is 0 Å². The molecule has 2 rings (SSSR count). The number of rotatable bonds is 2. The van der Waals surface area contributed by atoms with Crippen molar-refractivity contribution in [3.8, 4) is 0 Å². The molecule has 3 heteroatoms. The second-order valence-electron chi connectivity index (χ2n) is 5.74. The highest BCUT2D eigenvalue weighted by molar-refractivity contribution is 7.96. The molecule has 0 aromatic rings. The van der Waals surface area contributed by atoms with Gasteiger partial charge in [-0.1, -0.05) is 11.9 Å². The molecule has 94 valence electrons. The summed E-state index contributed by atoms with van der Waals surface area (Å²) in [7, 11) is 0. The number of piperidine rings is 2. The van der Waals surface area contributed by atoms with Crippen LogP contribution in [0.15, 0.2) is 0 Å². The highest BCUT2D eigenvalue weighted by atomic mass is 32.2. The molecule has 2 nitrogen and oxygen atoms in total. The fourth-order valence-corrected chi connectivity index (χ4v) is 3.71. The molecular formula is C13H26N2S. The van der Waals surface area contributed by atoms with E-state index in [1.807, 2.05) is 11.9 Å². The van der Waals surface area contributed by atoms with Crippen molar-refractivity contribution in [3.63, 3.8) is 0 Å². The summed E-state index contributed by atoms with van der Waals surface area (Å²) in [6.45, 7) is 9.93. The van der Waals surface area contributed by atoms with E-state index >= 15 is 0 Å². The van der Waals surface area contributed by atoms with Gasteiger partial charge in [-0.05, 0) is 64.3 Å². The Labute approximate surface area is 105 Å². The maximum Gasteiger partial charge on any atom is 0.00945 e. The predicted octanol–water partition coefficient (Wildman–Crippen LogP) is 2.85. The lowest BCUT2D eigenvalue weighted by atomic mass is 9.71. The molecular weight excluding hydrogens is 216 g/mol. The van der Waals surface area contributed by atoms with Gasteiger partial charge in [-0.3, -0.25) is 4.31 Å². The Kier molecular flexibility index (Phi) is 4.20. The number of likely N-dealkylation sites (tertiary alicyclic amines) is 1. The Balaban J connectivity index is 1.84. The minimum absolute atomic E-state index is 0.706. The minimum Gasteiger partial charge on any atom is -0.301 e. The largest absolute Gasteiger partial charge is 0.301 e. The molecule has 0 saturated carbocycles. The predicted molar refractivity (Wildman–Crippen MR) is 72.7 cm³/mol. The van der Waals surface area contributed by atoms with Gasteiger partial charge in [0.05, 0.1) is 0 Å². The van der Waals surface area contributed by atoms with Crippen LogP contribution in [-0.4, -0.2) is 47.7 Å². The fraction of sp³-hybridized carbons (Fsp3) is 1.00. The molecule has 0 N–H and O–H groups in total. The van der Waals surface area contributed by atoms with E-state index in [1.165, 1.54) is 51.9 Å². The highest BCUT2D eigenvalue weighted by Gasteiger charge is 2.37. The molecule has 0 aromatic heterocycles. The van der Waals surface area contributed by atoms with E-state index in [4.69, 9.17) is 0 Å². The summed E-state index contributed by atoms with van der Waals surface area (Å²) in [5, 5.41) is 0. The van der Waals surface area contributed by atoms with Crippen LogP contribution in [-0.2, 0) is 0 Å². The molecule has 0 aliphatic carbocycles. The third-order valence-electron chi connectivity index (χ3n) is 4.63. The van der Waals surface area contributed by atoms with Crippen molar-refractivity contribution in [2.24, 2.45) is 5.41 Å². The van der Waals surface area contributed by atoms with Gasteiger partial charge in [-0.2, -0.15) is 0 Å². The van der Waals surface area contributed by atoms with Gasteiger partial charge >= 0.3 is 0 Å². The molecule has 0 unspecified atom stereocenters. The number of nitrogens with zero attached hydrogens (tertiary/aromatic N) is 2. The van der Waals surface area contributed by atoms with Crippen LogP contribution in [0.5, 0.6) is 0 Å². The maximum atomic E-state index is 2.65. The minimum atomic E-state index is 0.706. The zero-order valence-corrected chi connectivity index (χ0v) is 11.9. The molecule has 2 aliphatic heterocycles. The van der Waals surface area contributed by atoms with Crippen molar-refractivity contribution < 1.29 is 0 Å². The molecule has 0 radical (unpaired) electrons. The third kappa shape index (κ3) is 2.74. The van der Waals surface area contributed by atoms with Gasteiger partial charge in [0.25, 0.3) is 0 Å². The van der Waals surface area contributed by atoms with Gasteiger partial charge < -0.3 is 4.90 Å². The van der Waals surface area contributed by atoms with E-state index in [-0.39, 0.29) is 0 Å². The summed E-state index contributed by atoms with van der Waals surface area (Å²) in [6.07, 6.45) is 7.94. The Hall–Kier alpha value is 0.270. The molecule has 0 bridgehead atoms. The second-order valence-corrected chi connectivity index (χ2v) is 6.62. The third-order valence-corrected chi connectivity index (χ3v) is 5.51. The topological polar surface area (TPSA) is 6.48 Å². The standard InChI is InChI=1S/C13H26N2S/c1-12(2)14-8-4-13(5-9-14)6-10-15(16-3)11-7-13/h12H,4-11H2,1-3H3. The average Bonchev–Trinajstić information content (AvgIpc) is 2.31. The Morgan fingerprint density at radius 3 is 1.88 bits per heavy atom. The number of hydrogen-bond acceptors (Lipinski definition) is 3. The van der Waals surface area contributed by atoms with Gasteiger partial charge in [-0.15, -0.1) is 0 Å². The monoisotopic (exact) mass is 242 g/mol. The lowest BCUT2D eigenvalue weighted by Crippen LogP contribution is -2.47. The van der Waals surface area contributed by atoms with E-state index in [1.54, 1.807) is 0 Å². The van der Waals surface area contributed by atoms with Crippen LogP contribution in [0, 0.1) is 5.41 Å². The molecule has 0 atom stereocenters. The summed E-state index contributed by atoms with van der Waals surface area (Å²) >= 11 is 1.92. The zero-order chi connectivity index (χ0) is 11.6. The van der Waals surface area contributed by atoms with Crippen LogP contribution in [0.25, 0.3) is 0 Å². The normalized spacial score (nSPS) is 27.8. The average molecular weight is 242 g/mol.